The summed E-state index contributed by atoms with van der Waals surface area (Å²) in [6, 6.07) is 10.6. The first kappa shape index (κ1) is 40.7. The molecule has 2 aliphatic carbocycles. The molecule has 5 heterocycles. The van der Waals surface area contributed by atoms with Gasteiger partial charge in [-0.15, -0.1) is 0 Å². The number of amidine groups is 1. The number of halogens is 7. The number of amides is 1. The summed E-state index contributed by atoms with van der Waals surface area (Å²) in [5, 5.41) is 11.5. The van der Waals surface area contributed by atoms with Crippen LogP contribution in [0.4, 0.5) is 49.2 Å². The number of nitrogens with zero attached hydrogens (tertiary/aromatic N) is 7. The topological polar surface area (TPSA) is 139 Å². The van der Waals surface area contributed by atoms with Gasteiger partial charge < -0.3 is 19.9 Å². The molecule has 3 fully saturated rings. The number of aromatic nitrogens is 4. The van der Waals surface area contributed by atoms with E-state index in [9.17, 15) is 30.8 Å². The number of hydrogen-bond acceptors (Lipinski definition) is 9. The third kappa shape index (κ3) is 7.12. The quantitative estimate of drug-likeness (QED) is 0.135. The fourth-order valence-electron chi connectivity index (χ4n) is 9.67. The molecule has 3 aromatic carbocycles. The smallest absolute Gasteiger partial charge is 0.293 e. The van der Waals surface area contributed by atoms with Gasteiger partial charge in [0.25, 0.3) is 12.3 Å². The Labute approximate surface area is 355 Å². The number of sulfonamides is 1. The van der Waals surface area contributed by atoms with Gasteiger partial charge in [0, 0.05) is 49.8 Å². The Balaban J connectivity index is 1.10. The van der Waals surface area contributed by atoms with Crippen LogP contribution in [0.1, 0.15) is 59.7 Å². The zero-order valence-electron chi connectivity index (χ0n) is 33.1. The van der Waals surface area contributed by atoms with Crippen molar-refractivity contribution in [2.75, 3.05) is 33.9 Å². The lowest BCUT2D eigenvalue weighted by Gasteiger charge is -2.37. The highest BCUT2D eigenvalue weighted by Crippen LogP contribution is 2.68. The van der Waals surface area contributed by atoms with Gasteiger partial charge in [0.1, 0.15) is 35.4 Å². The highest BCUT2D eigenvalue weighted by Gasteiger charge is 2.67. The Morgan fingerprint density at radius 3 is 2.45 bits per heavy atom. The molecule has 5 aliphatic rings. The van der Waals surface area contributed by atoms with Gasteiger partial charge in [-0.3, -0.25) is 18.9 Å². The first-order chi connectivity index (χ1) is 29.4. The molecule has 2 N–H and O–H groups in total. The van der Waals surface area contributed by atoms with Gasteiger partial charge in [-0.2, -0.15) is 19.0 Å². The van der Waals surface area contributed by atoms with Gasteiger partial charge in [0.2, 0.25) is 15.9 Å². The molecule has 5 atom stereocenters. The molecular formula is C41H38ClF6N9O4S. The van der Waals surface area contributed by atoms with E-state index in [1.165, 1.54) is 10.7 Å². The number of carbonyl (C=O) groups is 1. The Kier molecular flexibility index (Phi) is 9.60. The van der Waals surface area contributed by atoms with Crippen LogP contribution in [0.15, 0.2) is 53.5 Å². The number of aliphatic imine (C=N–C) groups is 1. The van der Waals surface area contributed by atoms with Crippen molar-refractivity contribution in [3.8, 4) is 0 Å². The van der Waals surface area contributed by atoms with Gasteiger partial charge in [0.05, 0.1) is 58.4 Å². The average molecular weight is 902 g/mol. The van der Waals surface area contributed by atoms with E-state index in [4.69, 9.17) is 21.3 Å². The summed E-state index contributed by atoms with van der Waals surface area (Å²) < 4.78 is 124. The fourth-order valence-corrected chi connectivity index (χ4v) is 10.4. The van der Waals surface area contributed by atoms with E-state index >= 15 is 8.78 Å². The van der Waals surface area contributed by atoms with Crippen molar-refractivity contribution in [2.24, 2.45) is 18.0 Å². The largest absolute Gasteiger partial charge is 0.371 e. The Morgan fingerprint density at radius 2 is 1.76 bits per heavy atom. The molecule has 62 heavy (non-hydrogen) atoms. The molecule has 2 unspecified atom stereocenters. The fraction of sp³-hybridized carbons (Fsp3) is 0.415. The molecular weight excluding hydrogens is 864 g/mol. The minimum Gasteiger partial charge on any atom is -0.371 e. The molecule has 1 amide bonds. The second kappa shape index (κ2) is 14.6. The van der Waals surface area contributed by atoms with E-state index in [2.05, 4.69) is 25.1 Å². The molecule has 5 aromatic rings. The first-order valence-electron chi connectivity index (χ1n) is 20.0. The summed E-state index contributed by atoms with van der Waals surface area (Å²) in [7, 11) is -2.24. The number of alkyl halides is 4. The lowest BCUT2D eigenvalue weighted by molar-refractivity contribution is -0.122. The number of nitrogens with one attached hydrogen (secondary N) is 2. The minimum atomic E-state index is -3.82. The van der Waals surface area contributed by atoms with Crippen molar-refractivity contribution in [1.29, 1.82) is 0 Å². The van der Waals surface area contributed by atoms with Crippen LogP contribution in [0.5, 0.6) is 0 Å². The zero-order valence-corrected chi connectivity index (χ0v) is 34.6. The van der Waals surface area contributed by atoms with Gasteiger partial charge in [-0.05, 0) is 72.7 Å². The van der Waals surface area contributed by atoms with E-state index in [-0.39, 0.29) is 64.8 Å². The molecule has 0 radical (unpaired) electrons. The highest BCUT2D eigenvalue weighted by atomic mass is 35.5. The van der Waals surface area contributed by atoms with Gasteiger partial charge in [-0.25, -0.2) is 31.0 Å². The van der Waals surface area contributed by atoms with Gasteiger partial charge in [-0.1, -0.05) is 17.7 Å². The Hall–Kier alpha value is -5.34. The van der Waals surface area contributed by atoms with Gasteiger partial charge in [0.15, 0.2) is 5.82 Å². The average Bonchev–Trinajstić information content (AvgIpc) is 3.56. The van der Waals surface area contributed by atoms with Crippen molar-refractivity contribution in [3.63, 3.8) is 0 Å². The maximum absolute atomic E-state index is 15.6. The molecule has 21 heteroatoms. The molecule has 3 aliphatic heterocycles. The Morgan fingerprint density at radius 1 is 1.03 bits per heavy atom. The number of rotatable bonds is 11. The van der Waals surface area contributed by atoms with Crippen LogP contribution >= 0.6 is 11.6 Å². The normalized spacial score (nSPS) is 22.7. The number of anilines is 3. The SMILES string of the molecule is Cn1nc(NS(C)(=O)=O)c2c(Cl)ccc(N3Cc4ccc(N5CC6CCC(C5)O6)cc4N=C3[C@H](Cc3cc(F)cc(F)c3)NC(=O)Cn3nc(C(F)F)c4c3C(F)(F)[C@@H]3C[C@H]43)c21. The van der Waals surface area contributed by atoms with Crippen LogP contribution in [-0.4, -0.2) is 77.3 Å². The maximum atomic E-state index is 15.6. The predicted octanol–water partition coefficient (Wildman–Crippen LogP) is 7.06. The van der Waals surface area contributed by atoms with Crippen molar-refractivity contribution < 1.29 is 44.3 Å². The van der Waals surface area contributed by atoms with Crippen LogP contribution < -0.4 is 19.8 Å². The second-order valence-corrected chi connectivity index (χ2v) is 18.8. The number of aryl methyl sites for hydroxylation is 1. The van der Waals surface area contributed by atoms with E-state index < -0.39 is 75.7 Å². The van der Waals surface area contributed by atoms with Crippen molar-refractivity contribution in [1.82, 2.24) is 24.9 Å². The van der Waals surface area contributed by atoms with E-state index in [0.717, 1.165) is 42.5 Å². The summed E-state index contributed by atoms with van der Waals surface area (Å²) in [6.07, 6.45) is -0.380. The predicted molar refractivity (Wildman–Crippen MR) is 218 cm³/mol. The van der Waals surface area contributed by atoms with Gasteiger partial charge >= 0.3 is 0 Å². The summed E-state index contributed by atoms with van der Waals surface area (Å²) in [4.78, 5) is 23.3. The molecule has 2 bridgehead atoms. The van der Waals surface area contributed by atoms with Crippen LogP contribution in [0, 0.1) is 17.6 Å². The van der Waals surface area contributed by atoms with E-state index in [1.807, 2.05) is 18.2 Å². The number of fused-ring (bicyclic) bond motifs is 7. The zero-order chi connectivity index (χ0) is 43.6. The molecule has 2 saturated heterocycles. The number of hydrogen-bond donors (Lipinski definition) is 2. The number of benzene rings is 3. The second-order valence-electron chi connectivity index (χ2n) is 16.6. The van der Waals surface area contributed by atoms with Crippen molar-refractivity contribution >= 4 is 67.1 Å². The third-order valence-electron chi connectivity index (χ3n) is 12.3. The summed E-state index contributed by atoms with van der Waals surface area (Å²) >= 11 is 6.70. The number of ether oxygens (including phenoxy) is 1. The summed E-state index contributed by atoms with van der Waals surface area (Å²) in [5.74, 6) is -8.04. The molecule has 326 valence electrons. The van der Waals surface area contributed by atoms with Crippen LogP contribution in [-0.2, 0) is 52.0 Å². The van der Waals surface area contributed by atoms with E-state index in [1.54, 1.807) is 18.0 Å². The molecule has 2 aromatic heterocycles. The maximum Gasteiger partial charge on any atom is 0.293 e. The van der Waals surface area contributed by atoms with Crippen molar-refractivity contribution in [3.05, 3.63) is 93.3 Å². The Bertz CT molecular complexity index is 2800. The van der Waals surface area contributed by atoms with Crippen LogP contribution in [0.2, 0.25) is 5.02 Å². The van der Waals surface area contributed by atoms with E-state index in [0.29, 0.717) is 40.7 Å². The van der Waals surface area contributed by atoms with Crippen LogP contribution in [0.3, 0.4) is 0 Å². The minimum absolute atomic E-state index is 0.0376. The highest BCUT2D eigenvalue weighted by molar-refractivity contribution is 7.92. The lowest BCUT2D eigenvalue weighted by Crippen LogP contribution is -2.51. The van der Waals surface area contributed by atoms with Crippen LogP contribution in [0.25, 0.3) is 10.9 Å². The standard InChI is InChI=1S/C41H38ClF6N9O4S/c1-54-36-31(8-7-28(42)34(36)39(52-54)53-62(2,59)60)56-15-20-3-4-23(55-16-24-5-6-25(17-55)61-24)13-29(20)50-40(56)30(11-19-9-21(43)12-22(44)10-19)49-32(58)18-57-37-33(35(51-57)38(45)46)26-14-27(26)41(37,47)48/h3-4,7-10,12-13,24-27,30,38H,5-6,11,14-18H2,1-2H3,(H,49,58)(H,52,53)/t24?,25?,26-,27+,30-/m0/s1. The monoisotopic (exact) mass is 901 g/mol. The third-order valence-corrected chi connectivity index (χ3v) is 13.2. The molecule has 13 nitrogen and oxygen atoms in total. The summed E-state index contributed by atoms with van der Waals surface area (Å²) in [5.41, 5.74) is 1.23. The lowest BCUT2D eigenvalue weighted by atomic mass is 10.00. The first-order valence-corrected chi connectivity index (χ1v) is 22.2. The van der Waals surface area contributed by atoms with Crippen molar-refractivity contribution in [2.45, 2.75) is 75.3 Å². The summed E-state index contributed by atoms with van der Waals surface area (Å²) in [6.45, 7) is 0.557. The number of carbonyl (C=O) groups excluding carboxylic acids is 1. The molecule has 0 spiro atoms. The molecule has 10 rings (SSSR count). The number of morpholine rings is 1. The molecule has 1 saturated carbocycles.